The Hall–Kier alpha value is -3.19. The van der Waals surface area contributed by atoms with E-state index in [4.69, 9.17) is 4.98 Å². The lowest BCUT2D eigenvalue weighted by atomic mass is 9.99. The molecule has 0 spiro atoms. The predicted octanol–water partition coefficient (Wildman–Crippen LogP) is 7.55. The number of amides is 1. The van der Waals surface area contributed by atoms with Crippen molar-refractivity contribution in [3.8, 4) is 11.3 Å². The number of pyridine rings is 1. The molecule has 0 atom stereocenters. The van der Waals surface area contributed by atoms with Crippen LogP contribution in [-0.2, 0) is 6.18 Å². The van der Waals surface area contributed by atoms with Crippen molar-refractivity contribution in [2.45, 2.75) is 20.0 Å². The molecule has 162 valence electrons. The van der Waals surface area contributed by atoms with Crippen LogP contribution in [0.15, 0.2) is 71.2 Å². The van der Waals surface area contributed by atoms with Crippen molar-refractivity contribution in [2.75, 3.05) is 5.32 Å². The number of nitrogens with zero attached hydrogens (tertiary/aromatic N) is 1. The summed E-state index contributed by atoms with van der Waals surface area (Å²) in [4.78, 5) is 18.0. The molecular formula is C25H18BrF3N2O. The third-order valence-electron chi connectivity index (χ3n) is 5.08. The van der Waals surface area contributed by atoms with Crippen molar-refractivity contribution in [1.29, 1.82) is 0 Å². The Morgan fingerprint density at radius 3 is 2.38 bits per heavy atom. The lowest BCUT2D eigenvalue weighted by Gasteiger charge is -2.14. The van der Waals surface area contributed by atoms with Gasteiger partial charge < -0.3 is 5.32 Å². The molecule has 0 saturated heterocycles. The number of aromatic nitrogens is 1. The van der Waals surface area contributed by atoms with E-state index in [1.165, 1.54) is 12.1 Å². The standard InChI is InChI=1S/C25H18BrF3N2O/c1-14-10-15(2)23-20(11-14)21(13-22(31-23)16-6-8-18(26)9-7-16)24(32)30-19-5-3-4-17(12-19)25(27,28)29/h3-13H,1-2H3,(H,30,32). The number of fused-ring (bicyclic) bond motifs is 1. The van der Waals surface area contributed by atoms with E-state index in [-0.39, 0.29) is 5.69 Å². The van der Waals surface area contributed by atoms with Gasteiger partial charge in [-0.15, -0.1) is 0 Å². The van der Waals surface area contributed by atoms with Crippen molar-refractivity contribution < 1.29 is 18.0 Å². The van der Waals surface area contributed by atoms with Crippen LogP contribution >= 0.6 is 15.9 Å². The van der Waals surface area contributed by atoms with E-state index >= 15 is 0 Å². The van der Waals surface area contributed by atoms with Gasteiger partial charge >= 0.3 is 6.18 Å². The third-order valence-corrected chi connectivity index (χ3v) is 5.61. The van der Waals surface area contributed by atoms with Crippen LogP contribution in [-0.4, -0.2) is 10.9 Å². The van der Waals surface area contributed by atoms with Crippen molar-refractivity contribution >= 4 is 38.4 Å². The quantitative estimate of drug-likeness (QED) is 0.316. The summed E-state index contributed by atoms with van der Waals surface area (Å²) in [5.41, 5.74) is 3.56. The highest BCUT2D eigenvalue weighted by Gasteiger charge is 2.30. The third kappa shape index (κ3) is 4.53. The molecule has 4 aromatic rings. The van der Waals surface area contributed by atoms with Crippen molar-refractivity contribution in [3.05, 3.63) is 93.5 Å². The summed E-state index contributed by atoms with van der Waals surface area (Å²) in [5, 5.41) is 3.26. The molecule has 0 saturated carbocycles. The van der Waals surface area contributed by atoms with Crippen molar-refractivity contribution in [3.63, 3.8) is 0 Å². The fourth-order valence-electron chi connectivity index (χ4n) is 3.61. The van der Waals surface area contributed by atoms with Gasteiger partial charge in [-0.3, -0.25) is 4.79 Å². The summed E-state index contributed by atoms with van der Waals surface area (Å²) < 4.78 is 40.1. The van der Waals surface area contributed by atoms with Gasteiger partial charge in [-0.25, -0.2) is 4.98 Å². The first-order valence-corrected chi connectivity index (χ1v) is 10.6. The van der Waals surface area contributed by atoms with Crippen LogP contribution in [0, 0.1) is 13.8 Å². The highest BCUT2D eigenvalue weighted by Crippen LogP contribution is 2.32. The molecule has 0 aliphatic carbocycles. The number of hydrogen-bond acceptors (Lipinski definition) is 2. The molecule has 32 heavy (non-hydrogen) atoms. The zero-order valence-corrected chi connectivity index (χ0v) is 18.8. The molecule has 0 aliphatic rings. The topological polar surface area (TPSA) is 42.0 Å². The fraction of sp³-hybridized carbons (Fsp3) is 0.120. The van der Waals surface area contributed by atoms with Gasteiger partial charge in [0.25, 0.3) is 5.91 Å². The molecule has 4 rings (SSSR count). The SMILES string of the molecule is Cc1cc(C)c2nc(-c3ccc(Br)cc3)cc(C(=O)Nc3cccc(C(F)(F)F)c3)c2c1. The molecular weight excluding hydrogens is 481 g/mol. The minimum Gasteiger partial charge on any atom is -0.322 e. The molecule has 1 heterocycles. The van der Waals surface area contributed by atoms with Crippen LogP contribution in [0.1, 0.15) is 27.0 Å². The molecule has 0 aliphatic heterocycles. The van der Waals surface area contributed by atoms with Gasteiger partial charge in [-0.1, -0.05) is 45.8 Å². The normalized spacial score (nSPS) is 11.6. The number of rotatable bonds is 3. The lowest BCUT2D eigenvalue weighted by molar-refractivity contribution is -0.137. The summed E-state index contributed by atoms with van der Waals surface area (Å²) in [6, 6.07) is 17.6. The maximum absolute atomic E-state index is 13.2. The summed E-state index contributed by atoms with van der Waals surface area (Å²) in [6.45, 7) is 3.84. The number of carbonyl (C=O) groups excluding carboxylic acids is 1. The minimum absolute atomic E-state index is 0.0735. The van der Waals surface area contributed by atoms with Crippen LogP contribution in [0.2, 0.25) is 0 Å². The number of hydrogen-bond donors (Lipinski definition) is 1. The second kappa shape index (κ2) is 8.39. The van der Waals surface area contributed by atoms with E-state index in [0.717, 1.165) is 33.3 Å². The first kappa shape index (κ1) is 22.0. The van der Waals surface area contributed by atoms with E-state index in [0.29, 0.717) is 22.2 Å². The summed E-state index contributed by atoms with van der Waals surface area (Å²) in [6.07, 6.45) is -4.49. The average molecular weight is 499 g/mol. The Bertz CT molecular complexity index is 1330. The number of alkyl halides is 3. The summed E-state index contributed by atoms with van der Waals surface area (Å²) in [5.74, 6) is -0.500. The molecule has 1 N–H and O–H groups in total. The Morgan fingerprint density at radius 1 is 0.969 bits per heavy atom. The Labute approximate surface area is 191 Å². The molecule has 7 heteroatoms. The van der Waals surface area contributed by atoms with Gasteiger partial charge in [0.2, 0.25) is 0 Å². The maximum Gasteiger partial charge on any atom is 0.416 e. The van der Waals surface area contributed by atoms with Crippen molar-refractivity contribution in [1.82, 2.24) is 4.98 Å². The van der Waals surface area contributed by atoms with E-state index < -0.39 is 17.6 Å². The molecule has 0 bridgehead atoms. The highest BCUT2D eigenvalue weighted by molar-refractivity contribution is 9.10. The second-order valence-corrected chi connectivity index (χ2v) is 8.49. The number of halogens is 4. The molecule has 1 aromatic heterocycles. The molecule has 0 radical (unpaired) electrons. The first-order valence-electron chi connectivity index (χ1n) is 9.78. The zero-order chi connectivity index (χ0) is 23.0. The molecule has 1 amide bonds. The smallest absolute Gasteiger partial charge is 0.322 e. The predicted molar refractivity (Wildman–Crippen MR) is 124 cm³/mol. The molecule has 3 aromatic carbocycles. The van der Waals surface area contributed by atoms with Crippen molar-refractivity contribution in [2.24, 2.45) is 0 Å². The van der Waals surface area contributed by atoms with Crippen LogP contribution in [0.25, 0.3) is 22.2 Å². The van der Waals surface area contributed by atoms with Crippen LogP contribution in [0.4, 0.5) is 18.9 Å². The van der Waals surface area contributed by atoms with Gasteiger partial charge in [0.05, 0.1) is 22.3 Å². The summed E-state index contributed by atoms with van der Waals surface area (Å²) in [7, 11) is 0. The fourth-order valence-corrected chi connectivity index (χ4v) is 3.87. The van der Waals surface area contributed by atoms with Gasteiger partial charge in [0.1, 0.15) is 0 Å². The van der Waals surface area contributed by atoms with Gasteiger partial charge in [0, 0.05) is 21.1 Å². The zero-order valence-electron chi connectivity index (χ0n) is 17.2. The average Bonchev–Trinajstić information content (AvgIpc) is 2.73. The largest absolute Gasteiger partial charge is 0.416 e. The van der Waals surface area contributed by atoms with Crippen LogP contribution in [0.3, 0.4) is 0 Å². The highest BCUT2D eigenvalue weighted by atomic mass is 79.9. The maximum atomic E-state index is 13.2. The van der Waals surface area contributed by atoms with Crippen LogP contribution < -0.4 is 5.32 Å². The van der Waals surface area contributed by atoms with Crippen LogP contribution in [0.5, 0.6) is 0 Å². The minimum atomic E-state index is -4.49. The number of anilines is 1. The monoisotopic (exact) mass is 498 g/mol. The Morgan fingerprint density at radius 2 is 1.69 bits per heavy atom. The summed E-state index contributed by atoms with van der Waals surface area (Å²) >= 11 is 3.41. The van der Waals surface area contributed by atoms with E-state index in [2.05, 4.69) is 21.2 Å². The second-order valence-electron chi connectivity index (χ2n) is 7.57. The first-order chi connectivity index (χ1) is 15.1. The number of carbonyl (C=O) groups is 1. The number of aryl methyl sites for hydroxylation is 2. The molecule has 0 fully saturated rings. The van der Waals surface area contributed by atoms with Gasteiger partial charge in [0.15, 0.2) is 0 Å². The number of nitrogens with one attached hydrogen (secondary N) is 1. The Kier molecular flexibility index (Phi) is 5.77. The van der Waals surface area contributed by atoms with E-state index in [1.807, 2.05) is 50.2 Å². The number of benzene rings is 3. The molecule has 3 nitrogen and oxygen atoms in total. The van der Waals surface area contributed by atoms with Gasteiger partial charge in [-0.2, -0.15) is 13.2 Å². The van der Waals surface area contributed by atoms with E-state index in [9.17, 15) is 18.0 Å². The Balaban J connectivity index is 1.83. The van der Waals surface area contributed by atoms with Gasteiger partial charge in [-0.05, 0) is 61.9 Å². The lowest BCUT2D eigenvalue weighted by Crippen LogP contribution is -2.14. The van der Waals surface area contributed by atoms with E-state index in [1.54, 1.807) is 6.07 Å². The molecule has 0 unspecified atom stereocenters.